The predicted octanol–water partition coefficient (Wildman–Crippen LogP) is -13.9. The fourth-order valence-corrected chi connectivity index (χ4v) is 0.980. The molecule has 0 aliphatic rings. The van der Waals surface area contributed by atoms with E-state index in [-0.39, 0.29) is 162 Å². The summed E-state index contributed by atoms with van der Waals surface area (Å²) in [5.74, 6) is 0. The third kappa shape index (κ3) is 49.6. The summed E-state index contributed by atoms with van der Waals surface area (Å²) in [6.07, 6.45) is 0. The maximum atomic E-state index is 9.24. The van der Waals surface area contributed by atoms with Crippen LogP contribution in [0.1, 0.15) is 0 Å². The van der Waals surface area contributed by atoms with Crippen LogP contribution >= 0.6 is 33.0 Å². The molecule has 4 atom stereocenters. The minimum atomic E-state index is -3.24. The van der Waals surface area contributed by atoms with Gasteiger partial charge in [0.2, 0.25) is 0 Å². The molecule has 0 saturated carbocycles. The van der Waals surface area contributed by atoms with Gasteiger partial charge in [0.05, 0.1) is 0 Å². The molecular formula is K2Na2O10P4+4. The number of rotatable bonds is 4. The van der Waals surface area contributed by atoms with Gasteiger partial charge in [0.15, 0.2) is 0 Å². The van der Waals surface area contributed by atoms with Gasteiger partial charge in [0, 0.05) is 0 Å². The fourth-order valence-electron chi connectivity index (χ4n) is 0.109. The molecule has 0 spiro atoms. The van der Waals surface area contributed by atoms with Crippen LogP contribution in [-0.4, -0.2) is 0 Å². The van der Waals surface area contributed by atoms with E-state index in [1.54, 1.807) is 0 Å². The van der Waals surface area contributed by atoms with Gasteiger partial charge in [-0.1, -0.05) is 0 Å². The molecule has 4 unspecified atom stereocenters. The summed E-state index contributed by atoms with van der Waals surface area (Å²) in [5.41, 5.74) is 0. The smallest absolute Gasteiger partial charge is 0.563 e. The molecule has 0 rings (SSSR count). The van der Waals surface area contributed by atoms with Crippen molar-refractivity contribution in [3.63, 3.8) is 0 Å². The molecule has 0 fully saturated rings. The molecule has 0 bridgehead atoms. The summed E-state index contributed by atoms with van der Waals surface area (Å²) in [5, 5.41) is 0. The summed E-state index contributed by atoms with van der Waals surface area (Å²) in [6.45, 7) is 0. The van der Waals surface area contributed by atoms with E-state index >= 15 is 0 Å². The zero-order valence-electron chi connectivity index (χ0n) is 9.87. The minimum Gasteiger partial charge on any atom is -0.563 e. The molecule has 0 aliphatic carbocycles. The van der Waals surface area contributed by atoms with Gasteiger partial charge in [-0.15, -0.1) is 0 Å². The molecule has 0 radical (unpaired) electrons. The molecule has 0 aromatic carbocycles. The van der Waals surface area contributed by atoms with Crippen molar-refractivity contribution in [1.29, 1.82) is 0 Å². The van der Waals surface area contributed by atoms with E-state index in [2.05, 4.69) is 8.62 Å². The van der Waals surface area contributed by atoms with Crippen molar-refractivity contribution in [3.8, 4) is 0 Å². The Hall–Kier alpha value is 5.43. The standard InChI is InChI=1S/2K.2Na.2O5P2/c;;;;2*1-6(2)5-7(3)4/q4*+1;;. The quantitative estimate of drug-likeness (QED) is 0.320. The second-order valence-electron chi connectivity index (χ2n) is 1.06. The van der Waals surface area contributed by atoms with Crippen molar-refractivity contribution in [2.45, 2.75) is 0 Å². The monoisotopic (exact) mass is 408 g/mol. The Labute approximate surface area is 235 Å². The second kappa shape index (κ2) is 27.3. The van der Waals surface area contributed by atoms with Gasteiger partial charge in [-0.3, -0.25) is 0 Å². The molecule has 0 amide bonds. The normalized spacial score (nSPS) is 10.4. The Morgan fingerprint density at radius 3 is 0.667 bits per heavy atom. The maximum absolute atomic E-state index is 9.24. The third-order valence-electron chi connectivity index (χ3n) is 0.267. The van der Waals surface area contributed by atoms with Crippen molar-refractivity contribution in [3.05, 3.63) is 0 Å². The van der Waals surface area contributed by atoms with Gasteiger partial charge in [0.1, 0.15) is 8.62 Å². The molecule has 0 N–H and O–H groups in total. The molecule has 0 saturated heterocycles. The van der Waals surface area contributed by atoms with Crippen molar-refractivity contribution >= 4 is 33.0 Å². The molecule has 0 heterocycles. The number of hydrogen-bond acceptors (Lipinski definition) is 10. The molecule has 18 heavy (non-hydrogen) atoms. The predicted molar refractivity (Wildman–Crippen MR) is 32.6 cm³/mol. The average Bonchev–Trinajstić information content (AvgIpc) is 1.79. The van der Waals surface area contributed by atoms with Crippen LogP contribution in [0.15, 0.2) is 0 Å². The molecule has 10 nitrogen and oxygen atoms in total. The first-order valence-corrected chi connectivity index (χ1v) is 6.57. The topological polar surface area (TPSA) is 179 Å². The zero-order chi connectivity index (χ0) is 11.7. The fraction of sp³-hybridized carbons (Fsp3) is 0. The van der Waals surface area contributed by atoms with Crippen LogP contribution in [0.4, 0.5) is 0 Å². The largest absolute Gasteiger partial charge is 1.00 e. The molecule has 0 aromatic heterocycles. The summed E-state index contributed by atoms with van der Waals surface area (Å²) >= 11 is 0. The minimum absolute atomic E-state index is 0. The molecule has 80 valence electrons. The van der Waals surface area contributed by atoms with Crippen LogP contribution < -0.4 is 181 Å². The van der Waals surface area contributed by atoms with Gasteiger partial charge in [-0.2, -0.15) is 0 Å². The van der Waals surface area contributed by atoms with Crippen LogP contribution in [-0.2, 0) is 26.9 Å². The van der Waals surface area contributed by atoms with Crippen molar-refractivity contribution < 1.29 is 208 Å². The van der Waals surface area contributed by atoms with Crippen LogP contribution in [0.5, 0.6) is 0 Å². The Balaban J connectivity index is -0.0000000327. The Morgan fingerprint density at radius 1 is 0.556 bits per heavy atom. The SMILES string of the molecule is O=[P+]([O-])O[P+](=O)[O-].O=[P+]([O-])O[P+](=O)[O-].[K+].[K+].[Na+].[Na+]. The van der Waals surface area contributed by atoms with E-state index < -0.39 is 33.0 Å². The average molecular weight is 408 g/mol. The van der Waals surface area contributed by atoms with E-state index in [4.69, 9.17) is 0 Å². The maximum Gasteiger partial charge on any atom is 1.00 e. The van der Waals surface area contributed by atoms with E-state index in [1.165, 1.54) is 0 Å². The molecule has 0 aromatic rings. The van der Waals surface area contributed by atoms with Crippen molar-refractivity contribution in [2.24, 2.45) is 0 Å². The van der Waals surface area contributed by atoms with Gasteiger partial charge in [-0.05, 0) is 18.3 Å². The first kappa shape index (κ1) is 38.8. The number of hydrogen-bond donors (Lipinski definition) is 0. The van der Waals surface area contributed by atoms with Crippen LogP contribution in [0.3, 0.4) is 0 Å². The second-order valence-corrected chi connectivity index (χ2v) is 4.15. The first-order chi connectivity index (χ1) is 6.25. The molecule has 18 heteroatoms. The van der Waals surface area contributed by atoms with Gasteiger partial charge < -0.3 is 19.6 Å². The first-order valence-electron chi connectivity index (χ1n) is 2.19. The summed E-state index contributed by atoms with van der Waals surface area (Å²) in [6, 6.07) is 0. The van der Waals surface area contributed by atoms with Crippen LogP contribution in [0, 0.1) is 0 Å². The third-order valence-corrected chi connectivity index (χ3v) is 2.40. The van der Waals surface area contributed by atoms with Gasteiger partial charge in [-0.25, -0.2) is 0 Å². The Kier molecular flexibility index (Phi) is 58.8. The van der Waals surface area contributed by atoms with Crippen molar-refractivity contribution in [1.82, 2.24) is 0 Å². The van der Waals surface area contributed by atoms with Gasteiger partial charge >= 0.3 is 195 Å². The van der Waals surface area contributed by atoms with Crippen molar-refractivity contribution in [2.75, 3.05) is 0 Å². The van der Waals surface area contributed by atoms with E-state index in [0.29, 0.717) is 0 Å². The summed E-state index contributed by atoms with van der Waals surface area (Å²) in [7, 11) is -12.9. The van der Waals surface area contributed by atoms with Crippen LogP contribution in [0.25, 0.3) is 0 Å². The summed E-state index contributed by atoms with van der Waals surface area (Å²) in [4.78, 5) is 37.0. The van der Waals surface area contributed by atoms with Gasteiger partial charge in [0.25, 0.3) is 0 Å². The molecule has 0 aliphatic heterocycles. The Bertz CT molecular complexity index is 208. The van der Waals surface area contributed by atoms with E-state index in [9.17, 15) is 37.8 Å². The molecular weight excluding hydrogens is 408 g/mol. The summed E-state index contributed by atoms with van der Waals surface area (Å²) < 4.78 is 43.3. The zero-order valence-corrected chi connectivity index (χ0v) is 23.7. The Morgan fingerprint density at radius 2 is 0.667 bits per heavy atom. The van der Waals surface area contributed by atoms with Crippen LogP contribution in [0.2, 0.25) is 0 Å². The van der Waals surface area contributed by atoms with E-state index in [0.717, 1.165) is 0 Å². The van der Waals surface area contributed by atoms with E-state index in [1.807, 2.05) is 0 Å².